The van der Waals surface area contributed by atoms with Crippen LogP contribution in [-0.4, -0.2) is 58.5 Å². The number of carboxylic acids is 1. The minimum Gasteiger partial charge on any atom is -0.482 e. The van der Waals surface area contributed by atoms with Crippen LogP contribution in [0.2, 0.25) is 0 Å². The van der Waals surface area contributed by atoms with Crippen LogP contribution in [0.1, 0.15) is 19.8 Å². The van der Waals surface area contributed by atoms with Gasteiger partial charge >= 0.3 is 5.97 Å². The molecule has 1 heterocycles. The number of nitro groups is 1. The van der Waals surface area contributed by atoms with E-state index in [4.69, 9.17) is 9.84 Å². The molecule has 0 saturated heterocycles. The fourth-order valence-electron chi connectivity index (χ4n) is 2.92. The Morgan fingerprint density at radius 1 is 1.44 bits per heavy atom. The summed E-state index contributed by atoms with van der Waals surface area (Å²) in [6.07, 6.45) is 1.58. The molecule has 0 bridgehead atoms. The standard InChI is InChI=1S/C17H19N3O7/c1-10(17(23)24)7-18(11-2-3-11)15(21)8-19-13-6-12(20(25)26)4-5-14(13)27-9-16(19)22/h4-6,10-11H,2-3,7-9H2,1H3,(H,23,24). The molecule has 1 saturated carbocycles. The molecule has 1 fully saturated rings. The molecule has 1 atom stereocenters. The van der Waals surface area contributed by atoms with Gasteiger partial charge in [-0.05, 0) is 18.9 Å². The highest BCUT2D eigenvalue weighted by Crippen LogP contribution is 2.35. The predicted molar refractivity (Wildman–Crippen MR) is 92.5 cm³/mol. The third-order valence-corrected chi connectivity index (χ3v) is 4.59. The van der Waals surface area contributed by atoms with Gasteiger partial charge in [-0.25, -0.2) is 0 Å². The lowest BCUT2D eigenvalue weighted by molar-refractivity contribution is -0.384. The van der Waals surface area contributed by atoms with Gasteiger partial charge in [-0.15, -0.1) is 0 Å². The van der Waals surface area contributed by atoms with E-state index in [9.17, 15) is 24.5 Å². The van der Waals surface area contributed by atoms with Crippen LogP contribution >= 0.6 is 0 Å². The van der Waals surface area contributed by atoms with Crippen LogP contribution in [0, 0.1) is 16.0 Å². The van der Waals surface area contributed by atoms with Gasteiger partial charge < -0.3 is 14.7 Å². The molecule has 2 amide bonds. The lowest BCUT2D eigenvalue weighted by Gasteiger charge is -2.31. The van der Waals surface area contributed by atoms with Gasteiger partial charge in [0.15, 0.2) is 6.61 Å². The van der Waals surface area contributed by atoms with Crippen molar-refractivity contribution in [1.29, 1.82) is 0 Å². The minimum atomic E-state index is -1.00. The molecule has 0 radical (unpaired) electrons. The Morgan fingerprint density at radius 2 is 2.15 bits per heavy atom. The van der Waals surface area contributed by atoms with Gasteiger partial charge in [0.1, 0.15) is 12.3 Å². The van der Waals surface area contributed by atoms with Gasteiger partial charge in [-0.1, -0.05) is 6.92 Å². The number of fused-ring (bicyclic) bond motifs is 1. The second-order valence-electron chi connectivity index (χ2n) is 6.69. The normalized spacial score (nSPS) is 16.9. The highest BCUT2D eigenvalue weighted by molar-refractivity contribution is 6.02. The molecule has 27 heavy (non-hydrogen) atoms. The van der Waals surface area contributed by atoms with Gasteiger partial charge in [0.2, 0.25) is 5.91 Å². The van der Waals surface area contributed by atoms with Crippen LogP contribution in [0.5, 0.6) is 5.75 Å². The predicted octanol–water partition coefficient (Wildman–Crippen LogP) is 1.03. The zero-order valence-electron chi connectivity index (χ0n) is 14.7. The van der Waals surface area contributed by atoms with E-state index in [0.717, 1.165) is 17.7 Å². The van der Waals surface area contributed by atoms with Gasteiger partial charge in [0.25, 0.3) is 11.6 Å². The van der Waals surface area contributed by atoms with Crippen LogP contribution in [0.4, 0.5) is 11.4 Å². The molecular formula is C17H19N3O7. The fourth-order valence-corrected chi connectivity index (χ4v) is 2.92. The number of hydrogen-bond donors (Lipinski definition) is 1. The monoisotopic (exact) mass is 377 g/mol. The largest absolute Gasteiger partial charge is 0.482 e. The summed E-state index contributed by atoms with van der Waals surface area (Å²) in [6.45, 7) is 0.981. The van der Waals surface area contributed by atoms with Crippen molar-refractivity contribution in [3.63, 3.8) is 0 Å². The first-order chi connectivity index (χ1) is 12.8. The number of carbonyl (C=O) groups excluding carboxylic acids is 2. The van der Waals surface area contributed by atoms with E-state index in [1.54, 1.807) is 0 Å². The molecule has 2 aliphatic rings. The zero-order valence-corrected chi connectivity index (χ0v) is 14.7. The van der Waals surface area contributed by atoms with Crippen LogP contribution < -0.4 is 9.64 Å². The van der Waals surface area contributed by atoms with E-state index in [-0.39, 0.29) is 42.9 Å². The Kier molecular flexibility index (Phi) is 4.98. The van der Waals surface area contributed by atoms with Gasteiger partial charge in [0.05, 0.1) is 16.5 Å². The number of amides is 2. The van der Waals surface area contributed by atoms with Crippen molar-refractivity contribution in [2.45, 2.75) is 25.8 Å². The van der Waals surface area contributed by atoms with Gasteiger partial charge in [-0.3, -0.25) is 29.4 Å². The maximum absolute atomic E-state index is 12.8. The number of carboxylic acid groups (broad SMARTS) is 1. The van der Waals surface area contributed by atoms with Gasteiger partial charge in [0, 0.05) is 24.7 Å². The molecule has 10 nitrogen and oxygen atoms in total. The summed E-state index contributed by atoms with van der Waals surface area (Å²) >= 11 is 0. The molecule has 1 aromatic rings. The van der Waals surface area contributed by atoms with Crippen LogP contribution in [0.3, 0.4) is 0 Å². The summed E-state index contributed by atoms with van der Waals surface area (Å²) in [5.41, 5.74) is -0.0566. The molecule has 3 rings (SSSR count). The van der Waals surface area contributed by atoms with Crippen molar-refractivity contribution >= 4 is 29.2 Å². The second kappa shape index (κ2) is 7.22. The Balaban J connectivity index is 1.82. The van der Waals surface area contributed by atoms with E-state index in [1.165, 1.54) is 30.0 Å². The third-order valence-electron chi connectivity index (χ3n) is 4.59. The maximum Gasteiger partial charge on any atom is 0.308 e. The molecule has 1 aromatic carbocycles. The smallest absolute Gasteiger partial charge is 0.308 e. The molecule has 1 aliphatic carbocycles. The SMILES string of the molecule is CC(CN(C(=O)CN1C(=O)COc2ccc([N+](=O)[O-])cc21)C1CC1)C(=O)O. The Morgan fingerprint density at radius 3 is 2.74 bits per heavy atom. The lowest BCUT2D eigenvalue weighted by Crippen LogP contribution is -2.48. The number of benzene rings is 1. The van der Waals surface area contributed by atoms with E-state index < -0.39 is 28.6 Å². The van der Waals surface area contributed by atoms with E-state index >= 15 is 0 Å². The average molecular weight is 377 g/mol. The Bertz CT molecular complexity index is 806. The molecule has 144 valence electrons. The average Bonchev–Trinajstić information content (AvgIpc) is 3.46. The van der Waals surface area contributed by atoms with Crippen LogP contribution in [-0.2, 0) is 14.4 Å². The number of aliphatic carboxylic acids is 1. The zero-order chi connectivity index (χ0) is 19.7. The summed E-state index contributed by atoms with van der Waals surface area (Å²) < 4.78 is 5.28. The first kappa shape index (κ1) is 18.6. The van der Waals surface area contributed by atoms with Crippen molar-refractivity contribution in [2.24, 2.45) is 5.92 Å². The molecule has 0 spiro atoms. The summed E-state index contributed by atoms with van der Waals surface area (Å²) in [6, 6.07) is 3.82. The topological polar surface area (TPSA) is 130 Å². The number of nitro benzene ring substituents is 1. The van der Waals surface area contributed by atoms with Gasteiger partial charge in [-0.2, -0.15) is 0 Å². The number of anilines is 1. The quantitative estimate of drug-likeness (QED) is 0.555. The highest BCUT2D eigenvalue weighted by Gasteiger charge is 2.37. The highest BCUT2D eigenvalue weighted by atomic mass is 16.6. The van der Waals surface area contributed by atoms with Crippen LogP contribution in [0.25, 0.3) is 0 Å². The molecule has 1 N–H and O–H groups in total. The first-order valence-corrected chi connectivity index (χ1v) is 8.51. The Labute approximate surface area is 154 Å². The third kappa shape index (κ3) is 3.99. The van der Waals surface area contributed by atoms with Crippen molar-refractivity contribution in [3.05, 3.63) is 28.3 Å². The summed E-state index contributed by atoms with van der Waals surface area (Å²) in [5, 5.41) is 20.1. The van der Waals surface area contributed by atoms with Crippen LogP contribution in [0.15, 0.2) is 18.2 Å². The van der Waals surface area contributed by atoms with E-state index in [0.29, 0.717) is 0 Å². The molecule has 10 heteroatoms. The fraction of sp³-hybridized carbons (Fsp3) is 0.471. The molecule has 1 aliphatic heterocycles. The number of hydrogen-bond acceptors (Lipinski definition) is 6. The van der Waals surface area contributed by atoms with Crippen molar-refractivity contribution in [1.82, 2.24) is 4.90 Å². The van der Waals surface area contributed by atoms with E-state index in [2.05, 4.69) is 0 Å². The molecule has 0 aromatic heterocycles. The summed E-state index contributed by atoms with van der Waals surface area (Å²) in [4.78, 5) is 49.3. The minimum absolute atomic E-state index is 0.0278. The summed E-state index contributed by atoms with van der Waals surface area (Å²) in [5.74, 6) is -2.33. The second-order valence-corrected chi connectivity index (χ2v) is 6.69. The number of carbonyl (C=O) groups is 3. The molecular weight excluding hydrogens is 358 g/mol. The number of non-ortho nitro benzene ring substituents is 1. The number of nitrogens with zero attached hydrogens (tertiary/aromatic N) is 3. The van der Waals surface area contributed by atoms with Crippen molar-refractivity contribution < 1.29 is 29.2 Å². The Hall–Kier alpha value is -3.17. The molecule has 1 unspecified atom stereocenters. The lowest BCUT2D eigenvalue weighted by atomic mass is 10.1. The van der Waals surface area contributed by atoms with E-state index in [1.807, 2.05) is 0 Å². The maximum atomic E-state index is 12.8. The summed E-state index contributed by atoms with van der Waals surface area (Å²) in [7, 11) is 0. The first-order valence-electron chi connectivity index (χ1n) is 8.51. The number of rotatable bonds is 7. The number of ether oxygens (including phenoxy) is 1. The van der Waals surface area contributed by atoms with Crippen molar-refractivity contribution in [2.75, 3.05) is 24.6 Å². The van der Waals surface area contributed by atoms with Crippen molar-refractivity contribution in [3.8, 4) is 5.75 Å².